The lowest BCUT2D eigenvalue weighted by atomic mass is 9.57. The first kappa shape index (κ1) is 30.0. The summed E-state index contributed by atoms with van der Waals surface area (Å²) in [6.07, 6.45) is -0.820. The standard InChI is InChI=1S/C28H36N4O9/c1-27(2,3)10-41-26(39)31-15-8-12(9-29)13-6-11-7-14-19(32(4)5)22(35)18(25(30)38)24(37)28(14,40)23(36)16(11)21(34)17(13)20(15)33/h8,11,14,19,33-34,37,40H,6-7,9-10,29H2,1-5H3,(H2,30,38)(H,31,39)/t11-,14-,19-,28-/m0/s1. The topological polar surface area (TPSA) is 226 Å². The fourth-order valence-electron chi connectivity index (χ4n) is 6.09. The van der Waals surface area contributed by atoms with Gasteiger partial charge in [-0.15, -0.1) is 0 Å². The molecule has 41 heavy (non-hydrogen) atoms. The molecule has 0 unspecified atom stereocenters. The summed E-state index contributed by atoms with van der Waals surface area (Å²) in [5.41, 5.74) is 7.66. The van der Waals surface area contributed by atoms with Crippen molar-refractivity contribution in [3.8, 4) is 5.75 Å². The van der Waals surface area contributed by atoms with E-state index in [1.54, 1.807) is 0 Å². The lowest BCUT2D eigenvalue weighted by molar-refractivity contribution is -0.153. The number of aliphatic hydroxyl groups is 3. The number of hydrogen-bond acceptors (Lipinski definition) is 11. The minimum absolute atomic E-state index is 0.0460. The molecule has 0 heterocycles. The molecule has 4 rings (SSSR count). The van der Waals surface area contributed by atoms with Gasteiger partial charge >= 0.3 is 6.09 Å². The van der Waals surface area contributed by atoms with E-state index in [4.69, 9.17) is 16.2 Å². The van der Waals surface area contributed by atoms with E-state index in [1.165, 1.54) is 25.1 Å². The summed E-state index contributed by atoms with van der Waals surface area (Å²) in [6, 6.07) is 0.271. The fourth-order valence-corrected chi connectivity index (χ4v) is 6.09. The second kappa shape index (κ2) is 10.2. The van der Waals surface area contributed by atoms with Gasteiger partial charge in [-0.05, 0) is 55.5 Å². The van der Waals surface area contributed by atoms with E-state index in [9.17, 15) is 39.6 Å². The number of likely N-dealkylation sites (N-methyl/N-ethyl adjacent to an activating group) is 1. The number of carbonyl (C=O) groups is 4. The van der Waals surface area contributed by atoms with Gasteiger partial charge in [0.1, 0.15) is 22.8 Å². The lowest BCUT2D eigenvalue weighted by Crippen LogP contribution is -2.65. The molecule has 0 aliphatic heterocycles. The number of ketones is 2. The summed E-state index contributed by atoms with van der Waals surface area (Å²) in [5.74, 6) is -7.60. The Labute approximate surface area is 236 Å². The number of benzene rings is 1. The maximum Gasteiger partial charge on any atom is 0.411 e. The molecular weight excluding hydrogens is 536 g/mol. The SMILES string of the molecule is CN(C)[C@@H]1C(=O)C(C(N)=O)=C(O)[C@@]2(O)C(=O)C3=C(O)c4c(O)c(NC(=O)OCC(C)(C)C)cc(CN)c4C[C@H]3C[C@@H]12. The van der Waals surface area contributed by atoms with Gasteiger partial charge < -0.3 is 36.6 Å². The molecule has 3 aliphatic carbocycles. The first-order valence-electron chi connectivity index (χ1n) is 13.1. The zero-order chi connectivity index (χ0) is 30.8. The largest absolute Gasteiger partial charge is 0.508 e. The highest BCUT2D eigenvalue weighted by Crippen LogP contribution is 2.53. The molecule has 4 atom stereocenters. The minimum atomic E-state index is -2.75. The van der Waals surface area contributed by atoms with Gasteiger partial charge in [-0.2, -0.15) is 0 Å². The number of aliphatic hydroxyl groups excluding tert-OH is 2. The van der Waals surface area contributed by atoms with Crippen molar-refractivity contribution in [2.75, 3.05) is 26.0 Å². The Morgan fingerprint density at radius 1 is 1.20 bits per heavy atom. The summed E-state index contributed by atoms with van der Waals surface area (Å²) < 4.78 is 5.21. The molecule has 13 nitrogen and oxygen atoms in total. The molecule has 13 heteroatoms. The monoisotopic (exact) mass is 572 g/mol. The number of rotatable bonds is 5. The van der Waals surface area contributed by atoms with Crippen LogP contribution in [0.15, 0.2) is 23.0 Å². The first-order chi connectivity index (χ1) is 18.9. The van der Waals surface area contributed by atoms with Crippen molar-refractivity contribution in [2.24, 2.45) is 28.7 Å². The van der Waals surface area contributed by atoms with Crippen LogP contribution >= 0.6 is 0 Å². The van der Waals surface area contributed by atoms with Gasteiger partial charge in [0, 0.05) is 18.0 Å². The highest BCUT2D eigenvalue weighted by Gasteiger charge is 2.64. The first-order valence-corrected chi connectivity index (χ1v) is 13.1. The van der Waals surface area contributed by atoms with Gasteiger partial charge in [-0.25, -0.2) is 4.79 Å². The number of primary amides is 1. The zero-order valence-corrected chi connectivity index (χ0v) is 23.6. The average molecular weight is 573 g/mol. The molecule has 0 aromatic heterocycles. The number of carbonyl (C=O) groups excluding carboxylic acids is 4. The minimum Gasteiger partial charge on any atom is -0.508 e. The molecular formula is C28H36N4O9. The number of hydrogen-bond donors (Lipinski definition) is 7. The summed E-state index contributed by atoms with van der Waals surface area (Å²) in [7, 11) is 3.05. The Hall–Kier alpha value is -3.94. The molecule has 1 fully saturated rings. The van der Waals surface area contributed by atoms with Gasteiger partial charge in [-0.3, -0.25) is 24.6 Å². The van der Waals surface area contributed by atoms with E-state index in [0.717, 1.165) is 0 Å². The number of phenols is 1. The molecule has 0 spiro atoms. The predicted octanol–water partition coefficient (Wildman–Crippen LogP) is 1.02. The van der Waals surface area contributed by atoms with E-state index >= 15 is 0 Å². The number of fused-ring (bicyclic) bond motifs is 3. The maximum atomic E-state index is 14.0. The smallest absolute Gasteiger partial charge is 0.411 e. The quantitative estimate of drug-likeness (QED) is 0.195. The van der Waals surface area contributed by atoms with Crippen LogP contribution in [0.1, 0.15) is 43.9 Å². The fraction of sp³-hybridized carbons (Fsp3) is 0.500. The molecule has 0 radical (unpaired) electrons. The molecule has 2 amide bonds. The molecule has 9 N–H and O–H groups in total. The molecule has 0 bridgehead atoms. The number of anilines is 1. The number of nitrogens with two attached hydrogens (primary N) is 2. The highest BCUT2D eigenvalue weighted by atomic mass is 16.5. The van der Waals surface area contributed by atoms with Crippen molar-refractivity contribution in [2.45, 2.75) is 51.8 Å². The van der Waals surface area contributed by atoms with Crippen molar-refractivity contribution in [1.82, 2.24) is 4.90 Å². The summed E-state index contributed by atoms with van der Waals surface area (Å²) in [5, 5.41) is 47.6. The van der Waals surface area contributed by atoms with Crippen LogP contribution in [0.5, 0.6) is 5.75 Å². The maximum absolute atomic E-state index is 14.0. The number of aromatic hydroxyl groups is 1. The van der Waals surface area contributed by atoms with Crippen molar-refractivity contribution >= 4 is 35.0 Å². The third kappa shape index (κ3) is 4.73. The molecule has 3 aliphatic rings. The van der Waals surface area contributed by atoms with Crippen LogP contribution in [-0.4, -0.2) is 81.2 Å². The number of nitrogens with one attached hydrogen (secondary N) is 1. The molecule has 0 saturated heterocycles. The van der Waals surface area contributed by atoms with Gasteiger partial charge in [0.15, 0.2) is 11.4 Å². The van der Waals surface area contributed by atoms with E-state index in [-0.39, 0.29) is 48.2 Å². The van der Waals surface area contributed by atoms with Crippen molar-refractivity contribution in [3.05, 3.63) is 39.7 Å². The van der Waals surface area contributed by atoms with Crippen LogP contribution in [-0.2, 0) is 32.1 Å². The number of ether oxygens (including phenoxy) is 1. The number of Topliss-reactive ketones (excluding diaryl/α,β-unsaturated/α-hetero) is 2. The second-order valence-corrected chi connectivity index (χ2v) is 12.2. The Morgan fingerprint density at radius 3 is 2.37 bits per heavy atom. The Balaban J connectivity index is 1.86. The Bertz CT molecular complexity index is 1420. The Kier molecular flexibility index (Phi) is 7.44. The third-order valence-corrected chi connectivity index (χ3v) is 7.91. The third-order valence-electron chi connectivity index (χ3n) is 7.91. The van der Waals surface area contributed by atoms with Gasteiger partial charge in [0.05, 0.1) is 23.9 Å². The number of nitrogens with zero attached hydrogens (tertiary/aromatic N) is 1. The van der Waals surface area contributed by atoms with Gasteiger partial charge in [0.2, 0.25) is 5.78 Å². The van der Waals surface area contributed by atoms with Gasteiger partial charge in [0.25, 0.3) is 5.91 Å². The van der Waals surface area contributed by atoms with Gasteiger partial charge in [-0.1, -0.05) is 20.8 Å². The van der Waals surface area contributed by atoms with Crippen LogP contribution in [0.25, 0.3) is 5.76 Å². The average Bonchev–Trinajstić information content (AvgIpc) is 2.85. The second-order valence-electron chi connectivity index (χ2n) is 12.2. The lowest BCUT2D eigenvalue weighted by Gasteiger charge is -2.50. The van der Waals surface area contributed by atoms with Crippen LogP contribution in [0.4, 0.5) is 10.5 Å². The highest BCUT2D eigenvalue weighted by molar-refractivity contribution is 6.24. The summed E-state index contributed by atoms with van der Waals surface area (Å²) in [4.78, 5) is 53.1. The van der Waals surface area contributed by atoms with Crippen molar-refractivity contribution in [1.29, 1.82) is 0 Å². The van der Waals surface area contributed by atoms with Crippen LogP contribution in [0.2, 0.25) is 0 Å². The van der Waals surface area contributed by atoms with E-state index < -0.39 is 69.9 Å². The zero-order valence-electron chi connectivity index (χ0n) is 23.6. The molecule has 222 valence electrons. The number of phenolic OH excluding ortho intramolecular Hbond substituents is 1. The molecule has 1 aromatic rings. The Morgan fingerprint density at radius 2 is 1.83 bits per heavy atom. The summed E-state index contributed by atoms with van der Waals surface area (Å²) in [6.45, 7) is 5.64. The summed E-state index contributed by atoms with van der Waals surface area (Å²) >= 11 is 0. The van der Waals surface area contributed by atoms with Crippen LogP contribution in [0, 0.1) is 17.3 Å². The normalized spacial score (nSPS) is 26.0. The van der Waals surface area contributed by atoms with Crippen molar-refractivity contribution < 1.29 is 44.3 Å². The van der Waals surface area contributed by atoms with E-state index in [2.05, 4.69) is 5.32 Å². The molecule has 1 aromatic carbocycles. The molecule has 1 saturated carbocycles. The predicted molar refractivity (Wildman–Crippen MR) is 147 cm³/mol. The van der Waals surface area contributed by atoms with Crippen molar-refractivity contribution in [3.63, 3.8) is 0 Å². The van der Waals surface area contributed by atoms with E-state index in [1.807, 2.05) is 20.8 Å². The number of amides is 2. The van der Waals surface area contributed by atoms with Crippen LogP contribution < -0.4 is 16.8 Å². The van der Waals surface area contributed by atoms with Crippen LogP contribution in [0.3, 0.4) is 0 Å². The van der Waals surface area contributed by atoms with E-state index in [0.29, 0.717) is 11.1 Å².